The van der Waals surface area contributed by atoms with Gasteiger partial charge < -0.3 is 18.4 Å². The Morgan fingerprint density at radius 2 is 1.96 bits per heavy atom. The summed E-state index contributed by atoms with van der Waals surface area (Å²) < 4.78 is 15.5. The number of amidine groups is 1. The van der Waals surface area contributed by atoms with Crippen LogP contribution in [-0.4, -0.2) is 20.9 Å². The van der Waals surface area contributed by atoms with E-state index in [2.05, 4.69) is 50.4 Å². The van der Waals surface area contributed by atoms with E-state index >= 15 is 0 Å². The molecule has 0 aliphatic rings. The number of fused-ring (bicyclic) bond motifs is 1. The van der Waals surface area contributed by atoms with Crippen LogP contribution in [0.2, 0.25) is 0 Å². The summed E-state index contributed by atoms with van der Waals surface area (Å²) in [4.78, 5) is 17.4. The van der Waals surface area contributed by atoms with Crippen molar-refractivity contribution in [1.29, 1.82) is 0 Å². The van der Waals surface area contributed by atoms with Gasteiger partial charge in [0.1, 0.15) is 5.82 Å². The molecule has 0 atom stereocenters. The maximum absolute atomic E-state index is 13.2. The van der Waals surface area contributed by atoms with Crippen LogP contribution in [0.4, 0.5) is 4.39 Å². The number of rotatable bonds is 3. The SMILES string of the molecule is N/C([S-])=N/N=C/c1nc2ccc(I)cc2c(=O)n1-c1ccc(F)cc1.[Cl][Zn+]. The number of benzene rings is 2. The van der Waals surface area contributed by atoms with Gasteiger partial charge in [-0.3, -0.25) is 9.36 Å². The number of nitrogens with two attached hydrogens (primary N) is 1. The molecule has 0 fully saturated rings. The molecule has 3 rings (SSSR count). The minimum atomic E-state index is -0.404. The Morgan fingerprint density at radius 1 is 1.30 bits per heavy atom. The van der Waals surface area contributed by atoms with Crippen molar-refractivity contribution >= 4 is 67.2 Å². The fourth-order valence-corrected chi connectivity index (χ4v) is 2.78. The van der Waals surface area contributed by atoms with Gasteiger partial charge in [-0.25, -0.2) is 9.37 Å². The molecule has 27 heavy (non-hydrogen) atoms. The van der Waals surface area contributed by atoms with Crippen molar-refractivity contribution in [1.82, 2.24) is 9.55 Å². The van der Waals surface area contributed by atoms with Crippen LogP contribution < -0.4 is 11.3 Å². The summed E-state index contributed by atoms with van der Waals surface area (Å²) in [6.07, 6.45) is 1.28. The molecule has 1 aromatic heterocycles. The van der Waals surface area contributed by atoms with E-state index in [1.165, 1.54) is 35.0 Å². The van der Waals surface area contributed by atoms with E-state index in [9.17, 15) is 9.18 Å². The molecule has 0 saturated carbocycles. The number of hydrogen-bond donors (Lipinski definition) is 1. The normalized spacial score (nSPS) is 11.5. The van der Waals surface area contributed by atoms with Crippen molar-refractivity contribution in [2.24, 2.45) is 15.9 Å². The first-order chi connectivity index (χ1) is 13.0. The quantitative estimate of drug-likeness (QED) is 0.132. The van der Waals surface area contributed by atoms with Crippen LogP contribution >= 0.6 is 32.3 Å². The van der Waals surface area contributed by atoms with Gasteiger partial charge in [0.2, 0.25) is 0 Å². The first-order valence-corrected chi connectivity index (χ1v) is 12.6. The van der Waals surface area contributed by atoms with Crippen molar-refractivity contribution in [3.8, 4) is 5.69 Å². The number of halogens is 3. The van der Waals surface area contributed by atoms with E-state index in [4.69, 9.17) is 15.4 Å². The van der Waals surface area contributed by atoms with Crippen molar-refractivity contribution in [3.63, 3.8) is 0 Å². The van der Waals surface area contributed by atoms with Crippen LogP contribution in [0.15, 0.2) is 57.5 Å². The fourth-order valence-electron chi connectivity index (χ4n) is 2.24. The minimum absolute atomic E-state index is 0.137. The van der Waals surface area contributed by atoms with Crippen LogP contribution in [-0.2, 0) is 29.9 Å². The summed E-state index contributed by atoms with van der Waals surface area (Å²) in [6.45, 7) is 0. The molecule has 0 saturated heterocycles. The van der Waals surface area contributed by atoms with Crippen molar-refractivity contribution in [2.75, 3.05) is 0 Å². The van der Waals surface area contributed by atoms with Gasteiger partial charge in [0.15, 0.2) is 5.82 Å². The Morgan fingerprint density at radius 3 is 2.59 bits per heavy atom. The van der Waals surface area contributed by atoms with Crippen LogP contribution in [0, 0.1) is 9.39 Å². The number of aromatic nitrogens is 2. The number of hydrogen-bond acceptors (Lipinski definition) is 5. The molecular weight excluding hydrogens is 557 g/mol. The zero-order valence-electron chi connectivity index (χ0n) is 13.6. The Hall–Kier alpha value is -1.49. The monoisotopic (exact) mass is 565 g/mol. The third-order valence-corrected chi connectivity index (χ3v) is 4.02. The molecule has 3 aromatic rings. The molecule has 0 amide bonds. The maximum atomic E-state index is 13.2. The van der Waals surface area contributed by atoms with Gasteiger partial charge in [0.25, 0.3) is 5.56 Å². The van der Waals surface area contributed by atoms with E-state index < -0.39 is 5.82 Å². The molecule has 1 heterocycles. The summed E-state index contributed by atoms with van der Waals surface area (Å²) in [5, 5.41) is 7.61. The van der Waals surface area contributed by atoms with Crippen LogP contribution in [0.25, 0.3) is 16.6 Å². The molecule has 11 heteroatoms. The Kier molecular flexibility index (Phi) is 8.21. The van der Waals surface area contributed by atoms with E-state index in [1.54, 1.807) is 12.1 Å². The second-order valence-electron chi connectivity index (χ2n) is 4.93. The van der Waals surface area contributed by atoms with E-state index in [1.807, 2.05) is 6.07 Å². The first kappa shape index (κ1) is 21.8. The summed E-state index contributed by atoms with van der Waals surface area (Å²) in [7, 11) is 4.76. The van der Waals surface area contributed by atoms with Crippen molar-refractivity contribution < 1.29 is 21.7 Å². The van der Waals surface area contributed by atoms with E-state index in [0.29, 0.717) is 16.6 Å². The zero-order valence-corrected chi connectivity index (χ0v) is 20.3. The van der Waals surface area contributed by atoms with E-state index in [-0.39, 0.29) is 16.6 Å². The van der Waals surface area contributed by atoms with Gasteiger partial charge in [0, 0.05) is 3.57 Å². The van der Waals surface area contributed by atoms with Crippen LogP contribution in [0.1, 0.15) is 5.82 Å². The second kappa shape index (κ2) is 10.2. The molecule has 134 valence electrons. The molecular formula is C16H10ClFIN5OSZn. The molecule has 0 aliphatic carbocycles. The van der Waals surface area contributed by atoms with Crippen molar-refractivity contribution in [2.45, 2.75) is 0 Å². The summed E-state index contributed by atoms with van der Waals surface area (Å²) in [6, 6.07) is 10.8. The third-order valence-electron chi connectivity index (χ3n) is 3.27. The average Bonchev–Trinajstić information content (AvgIpc) is 2.65. The predicted octanol–water partition coefficient (Wildman–Crippen LogP) is 3.01. The molecule has 0 unspecified atom stereocenters. The van der Waals surface area contributed by atoms with Gasteiger partial charge >= 0.3 is 27.0 Å². The Balaban J connectivity index is 0.00000126. The van der Waals surface area contributed by atoms with Gasteiger partial charge in [-0.2, -0.15) is 10.2 Å². The Labute approximate surface area is 187 Å². The molecule has 0 radical (unpaired) electrons. The molecule has 6 nitrogen and oxygen atoms in total. The van der Waals surface area contributed by atoms with Crippen molar-refractivity contribution in [3.05, 3.63) is 68.0 Å². The average molecular weight is 567 g/mol. The topological polar surface area (TPSA) is 85.6 Å². The zero-order chi connectivity index (χ0) is 20.0. The van der Waals surface area contributed by atoms with E-state index in [0.717, 1.165) is 20.9 Å². The van der Waals surface area contributed by atoms with Gasteiger partial charge in [0.05, 0.1) is 22.8 Å². The third kappa shape index (κ3) is 5.50. The van der Waals surface area contributed by atoms with Crippen LogP contribution in [0.3, 0.4) is 0 Å². The summed E-state index contributed by atoms with van der Waals surface area (Å²) in [5.74, 6) is -0.177. The second-order valence-corrected chi connectivity index (χ2v) is 6.60. The standard InChI is InChI=1S/C16H11FIN5OS.ClH.Zn/c17-9-1-4-11(5-2-9)23-14(8-20-22-16(19)25)21-13-6-3-10(18)7-12(13)15(23)24;;/h1-8H,(H3,19,22,25);1H;/q;;+2/p-2/b20-8+;;. The summed E-state index contributed by atoms with van der Waals surface area (Å²) in [5.41, 5.74) is 5.95. The summed E-state index contributed by atoms with van der Waals surface area (Å²) >= 11 is 7.60. The molecule has 0 spiro atoms. The molecule has 0 aliphatic heterocycles. The van der Waals surface area contributed by atoms with Gasteiger partial charge in [-0.15, -0.1) is 0 Å². The van der Waals surface area contributed by atoms with Crippen LogP contribution in [0.5, 0.6) is 0 Å². The molecule has 2 N–H and O–H groups in total. The Bertz CT molecular complexity index is 1070. The van der Waals surface area contributed by atoms with Gasteiger partial charge in [-0.1, -0.05) is 0 Å². The molecule has 2 aromatic carbocycles. The first-order valence-electron chi connectivity index (χ1n) is 7.24. The van der Waals surface area contributed by atoms with Gasteiger partial charge in [-0.05, 0) is 70.2 Å². The molecule has 0 bridgehead atoms. The fraction of sp³-hybridized carbons (Fsp3) is 0. The number of nitrogens with zero attached hydrogens (tertiary/aromatic N) is 4. The predicted molar refractivity (Wildman–Crippen MR) is 112 cm³/mol.